The molecule has 54 valence electrons. The summed E-state index contributed by atoms with van der Waals surface area (Å²) in [4.78, 5) is 0.558. The van der Waals surface area contributed by atoms with E-state index in [0.29, 0.717) is 10.6 Å². The highest BCUT2D eigenvalue weighted by Crippen LogP contribution is 2.07. The van der Waals surface area contributed by atoms with Gasteiger partial charge in [-0.15, -0.1) is 5.10 Å². The van der Waals surface area contributed by atoms with Gasteiger partial charge in [-0.3, -0.25) is 16.1 Å². The van der Waals surface area contributed by atoms with Crippen LogP contribution in [0.4, 0.5) is 0 Å². The maximum atomic E-state index is 8.31. The van der Waals surface area contributed by atoms with Crippen LogP contribution in [0.15, 0.2) is 0 Å². The summed E-state index contributed by atoms with van der Waals surface area (Å²) in [7, 11) is 0. The van der Waals surface area contributed by atoms with Crippen LogP contribution >= 0.6 is 11.5 Å². The molecule has 0 fully saturated rings. The van der Waals surface area contributed by atoms with Crippen molar-refractivity contribution < 1.29 is 5.21 Å². The van der Waals surface area contributed by atoms with Crippen LogP contribution in [0.3, 0.4) is 0 Å². The predicted molar refractivity (Wildman–Crippen MR) is 36.4 cm³/mol. The van der Waals surface area contributed by atoms with Crippen LogP contribution < -0.4 is 5.48 Å². The fourth-order valence-corrected chi connectivity index (χ4v) is 1.07. The van der Waals surface area contributed by atoms with Gasteiger partial charge in [0.25, 0.3) is 0 Å². The minimum Gasteiger partial charge on any atom is -0.290 e. The van der Waals surface area contributed by atoms with Gasteiger partial charge in [0.1, 0.15) is 4.88 Å². The summed E-state index contributed by atoms with van der Waals surface area (Å²) in [5, 5.41) is 19.1. The van der Waals surface area contributed by atoms with Gasteiger partial charge < -0.3 is 0 Å². The summed E-state index contributed by atoms with van der Waals surface area (Å²) in [6.45, 7) is 1.73. The maximum absolute atomic E-state index is 8.31. The normalized spacial score (nSPS) is 9.40. The summed E-state index contributed by atoms with van der Waals surface area (Å²) < 4.78 is 3.59. The van der Waals surface area contributed by atoms with Crippen LogP contribution in [0.25, 0.3) is 0 Å². The number of nitrogens with one attached hydrogen (secondary N) is 2. The molecule has 0 aliphatic heterocycles. The van der Waals surface area contributed by atoms with Gasteiger partial charge in [-0.25, -0.2) is 0 Å². The summed E-state index contributed by atoms with van der Waals surface area (Å²) in [5.74, 6) is -0.0625. The number of amidine groups is 1. The van der Waals surface area contributed by atoms with Gasteiger partial charge in [-0.05, 0) is 18.5 Å². The van der Waals surface area contributed by atoms with Crippen molar-refractivity contribution in [2.75, 3.05) is 0 Å². The molecule has 0 spiro atoms. The van der Waals surface area contributed by atoms with Gasteiger partial charge >= 0.3 is 0 Å². The second-order valence-corrected chi connectivity index (χ2v) is 2.43. The molecule has 6 heteroatoms. The van der Waals surface area contributed by atoms with E-state index in [9.17, 15) is 0 Å². The lowest BCUT2D eigenvalue weighted by Crippen LogP contribution is -2.18. The molecule has 0 aromatic carbocycles. The molecule has 10 heavy (non-hydrogen) atoms. The number of nitrogens with zero attached hydrogens (tertiary/aromatic N) is 2. The third-order valence-corrected chi connectivity index (χ3v) is 1.84. The zero-order chi connectivity index (χ0) is 7.56. The third kappa shape index (κ3) is 1.12. The maximum Gasteiger partial charge on any atom is 0.163 e. The Kier molecular flexibility index (Phi) is 1.93. The highest BCUT2D eigenvalue weighted by Gasteiger charge is 2.06. The van der Waals surface area contributed by atoms with E-state index in [-0.39, 0.29) is 5.84 Å². The molecule has 0 saturated carbocycles. The molecule has 1 aromatic rings. The van der Waals surface area contributed by atoms with Crippen molar-refractivity contribution >= 4 is 17.4 Å². The average molecular weight is 158 g/mol. The molecule has 0 aliphatic carbocycles. The SMILES string of the molecule is Cc1nnsc1C(=N)NO. The molecule has 1 heterocycles. The number of hydrogen-bond donors (Lipinski definition) is 3. The first-order valence-electron chi connectivity index (χ1n) is 2.53. The molecule has 0 amide bonds. The molecule has 0 atom stereocenters. The molecular formula is C4H6N4OS. The lowest BCUT2D eigenvalue weighted by atomic mass is 10.4. The van der Waals surface area contributed by atoms with Crippen LogP contribution in [0, 0.1) is 12.3 Å². The Morgan fingerprint density at radius 1 is 1.80 bits per heavy atom. The standard InChI is InChI=1S/C4H6N4OS/c1-2-3(4(5)7-9)10-8-6-2/h9H,1H3,(H2,5,7). The van der Waals surface area contributed by atoms with Crippen molar-refractivity contribution in [1.82, 2.24) is 15.1 Å². The van der Waals surface area contributed by atoms with E-state index < -0.39 is 0 Å². The predicted octanol–water partition coefficient (Wildman–Crippen LogP) is 0.151. The minimum atomic E-state index is -0.0625. The molecule has 0 saturated heterocycles. The van der Waals surface area contributed by atoms with Crippen LogP contribution in [0.5, 0.6) is 0 Å². The summed E-state index contributed by atoms with van der Waals surface area (Å²) in [6.07, 6.45) is 0. The van der Waals surface area contributed by atoms with Crippen molar-refractivity contribution in [3.63, 3.8) is 0 Å². The minimum absolute atomic E-state index is 0.0625. The van der Waals surface area contributed by atoms with Gasteiger partial charge in [0.2, 0.25) is 0 Å². The third-order valence-electron chi connectivity index (χ3n) is 0.990. The van der Waals surface area contributed by atoms with Crippen LogP contribution in [-0.4, -0.2) is 20.6 Å². The Balaban J connectivity index is 2.93. The highest BCUT2D eigenvalue weighted by atomic mass is 32.1. The number of aromatic nitrogens is 2. The van der Waals surface area contributed by atoms with Gasteiger partial charge in [0, 0.05) is 0 Å². The van der Waals surface area contributed by atoms with Crippen molar-refractivity contribution in [2.45, 2.75) is 6.92 Å². The van der Waals surface area contributed by atoms with Gasteiger partial charge in [0.15, 0.2) is 5.84 Å². The Morgan fingerprint density at radius 2 is 2.50 bits per heavy atom. The number of rotatable bonds is 1. The highest BCUT2D eigenvalue weighted by molar-refractivity contribution is 7.08. The monoisotopic (exact) mass is 158 g/mol. The average Bonchev–Trinajstić information content (AvgIpc) is 2.34. The van der Waals surface area contributed by atoms with E-state index in [0.717, 1.165) is 11.5 Å². The van der Waals surface area contributed by atoms with E-state index in [1.165, 1.54) is 0 Å². The van der Waals surface area contributed by atoms with Crippen LogP contribution in [-0.2, 0) is 0 Å². The molecular weight excluding hydrogens is 152 g/mol. The summed E-state index contributed by atoms with van der Waals surface area (Å²) in [6, 6.07) is 0. The van der Waals surface area contributed by atoms with Crippen molar-refractivity contribution in [3.05, 3.63) is 10.6 Å². The first-order chi connectivity index (χ1) is 4.75. The van der Waals surface area contributed by atoms with Gasteiger partial charge in [-0.1, -0.05) is 4.49 Å². The summed E-state index contributed by atoms with van der Waals surface area (Å²) >= 11 is 1.07. The second kappa shape index (κ2) is 2.72. The van der Waals surface area contributed by atoms with E-state index >= 15 is 0 Å². The molecule has 0 bridgehead atoms. The molecule has 3 N–H and O–H groups in total. The Hall–Kier alpha value is -1.01. The second-order valence-electron chi connectivity index (χ2n) is 1.67. The molecule has 5 nitrogen and oxygen atoms in total. The van der Waals surface area contributed by atoms with Crippen LogP contribution in [0.2, 0.25) is 0 Å². The molecule has 0 aliphatic rings. The fraction of sp³-hybridized carbons (Fsp3) is 0.250. The zero-order valence-electron chi connectivity index (χ0n) is 5.25. The van der Waals surface area contributed by atoms with Crippen molar-refractivity contribution in [3.8, 4) is 0 Å². The molecule has 1 rings (SSSR count). The Morgan fingerprint density at radius 3 is 2.90 bits per heavy atom. The van der Waals surface area contributed by atoms with E-state index in [2.05, 4.69) is 9.59 Å². The smallest absolute Gasteiger partial charge is 0.163 e. The lowest BCUT2D eigenvalue weighted by molar-refractivity contribution is 0.234. The lowest BCUT2D eigenvalue weighted by Gasteiger charge is -1.94. The fourth-order valence-electron chi connectivity index (χ4n) is 0.511. The molecule has 1 aromatic heterocycles. The largest absolute Gasteiger partial charge is 0.290 e. The number of hydrogen-bond acceptors (Lipinski definition) is 5. The molecule has 0 unspecified atom stereocenters. The number of hydroxylamine groups is 1. The quantitative estimate of drug-likeness (QED) is 0.308. The first kappa shape index (κ1) is 7.10. The van der Waals surface area contributed by atoms with E-state index in [1.807, 2.05) is 0 Å². The van der Waals surface area contributed by atoms with Crippen LogP contribution in [0.1, 0.15) is 10.6 Å². The first-order valence-corrected chi connectivity index (χ1v) is 3.31. The van der Waals surface area contributed by atoms with Crippen molar-refractivity contribution in [1.29, 1.82) is 5.41 Å². The van der Waals surface area contributed by atoms with Gasteiger partial charge in [-0.2, -0.15) is 0 Å². The van der Waals surface area contributed by atoms with Gasteiger partial charge in [0.05, 0.1) is 5.69 Å². The van der Waals surface area contributed by atoms with E-state index in [1.54, 1.807) is 12.4 Å². The van der Waals surface area contributed by atoms with Crippen molar-refractivity contribution in [2.24, 2.45) is 0 Å². The summed E-state index contributed by atoms with van der Waals surface area (Å²) in [5.41, 5.74) is 2.37. The topological polar surface area (TPSA) is 81.9 Å². The Labute approximate surface area is 61.3 Å². The molecule has 0 radical (unpaired) electrons. The Bertz CT molecular complexity index is 245. The number of aryl methyl sites for hydroxylation is 1. The zero-order valence-corrected chi connectivity index (χ0v) is 6.07. The van der Waals surface area contributed by atoms with E-state index in [4.69, 9.17) is 10.6 Å².